The Labute approximate surface area is 141 Å². The largest absolute Gasteiger partial charge is 0.368 e. The topological polar surface area (TPSA) is 49.6 Å². The number of halogens is 2. The first kappa shape index (κ1) is 16.7. The van der Waals surface area contributed by atoms with Gasteiger partial charge in [-0.15, -0.1) is 0 Å². The van der Waals surface area contributed by atoms with E-state index in [0.717, 1.165) is 45.3 Å². The van der Waals surface area contributed by atoms with Gasteiger partial charge in [0.1, 0.15) is 5.82 Å². The Morgan fingerprint density at radius 2 is 2.00 bits per heavy atom. The van der Waals surface area contributed by atoms with Gasteiger partial charge in [-0.05, 0) is 57.5 Å². The molecule has 1 aromatic carbocycles. The molecule has 1 aromatic rings. The predicted molar refractivity (Wildman–Crippen MR) is 88.6 cm³/mol. The molecule has 3 rings (SSSR count). The second kappa shape index (κ2) is 7.16. The second-order valence-corrected chi connectivity index (χ2v) is 6.98. The molecule has 4 nitrogen and oxygen atoms in total. The van der Waals surface area contributed by atoms with Crippen molar-refractivity contribution in [1.82, 2.24) is 9.80 Å². The van der Waals surface area contributed by atoms with Crippen molar-refractivity contribution in [3.05, 3.63) is 34.6 Å². The summed E-state index contributed by atoms with van der Waals surface area (Å²) in [4.78, 5) is 16.1. The molecular formula is C17H23ClFN3O. The van der Waals surface area contributed by atoms with E-state index in [1.807, 2.05) is 0 Å². The van der Waals surface area contributed by atoms with E-state index < -0.39 is 0 Å². The van der Waals surface area contributed by atoms with Gasteiger partial charge in [-0.25, -0.2) is 4.39 Å². The number of hydrogen-bond acceptors (Lipinski definition) is 3. The summed E-state index contributed by atoms with van der Waals surface area (Å²) in [6, 6.07) is 5.18. The van der Waals surface area contributed by atoms with Crippen LogP contribution in [0.25, 0.3) is 0 Å². The summed E-state index contributed by atoms with van der Waals surface area (Å²) in [7, 11) is 0. The fourth-order valence-electron chi connectivity index (χ4n) is 3.83. The molecule has 0 aromatic heterocycles. The number of carbonyl (C=O) groups is 1. The molecule has 2 N–H and O–H groups in total. The number of amides is 1. The highest BCUT2D eigenvalue weighted by molar-refractivity contribution is 6.30. The molecule has 0 aliphatic carbocycles. The van der Waals surface area contributed by atoms with Gasteiger partial charge in [0.25, 0.3) is 0 Å². The maximum atomic E-state index is 13.9. The average molecular weight is 340 g/mol. The molecule has 0 spiro atoms. The van der Waals surface area contributed by atoms with E-state index >= 15 is 0 Å². The molecule has 23 heavy (non-hydrogen) atoms. The van der Waals surface area contributed by atoms with Crippen molar-refractivity contribution >= 4 is 17.5 Å². The molecule has 0 saturated carbocycles. The average Bonchev–Trinajstić information content (AvgIpc) is 3.00. The van der Waals surface area contributed by atoms with Crippen LogP contribution in [0.15, 0.2) is 18.2 Å². The molecule has 2 saturated heterocycles. The van der Waals surface area contributed by atoms with Crippen molar-refractivity contribution in [1.29, 1.82) is 0 Å². The van der Waals surface area contributed by atoms with Crippen LogP contribution in [0.1, 0.15) is 31.2 Å². The molecular weight excluding hydrogens is 317 g/mol. The van der Waals surface area contributed by atoms with Crippen LogP contribution in [0.2, 0.25) is 5.02 Å². The molecule has 2 fully saturated rings. The van der Waals surface area contributed by atoms with Crippen molar-refractivity contribution in [3.63, 3.8) is 0 Å². The van der Waals surface area contributed by atoms with Crippen molar-refractivity contribution < 1.29 is 9.18 Å². The normalized spacial score (nSPS) is 24.2. The van der Waals surface area contributed by atoms with Crippen LogP contribution in [-0.2, 0) is 11.3 Å². The maximum absolute atomic E-state index is 13.9. The molecule has 0 bridgehead atoms. The Hall–Kier alpha value is -1.17. The number of benzene rings is 1. The van der Waals surface area contributed by atoms with Crippen LogP contribution in [0.5, 0.6) is 0 Å². The first-order valence-electron chi connectivity index (χ1n) is 8.26. The van der Waals surface area contributed by atoms with E-state index in [1.165, 1.54) is 6.07 Å². The summed E-state index contributed by atoms with van der Waals surface area (Å²) in [5.74, 6) is -0.443. The third kappa shape index (κ3) is 3.84. The van der Waals surface area contributed by atoms with E-state index in [-0.39, 0.29) is 17.8 Å². The summed E-state index contributed by atoms with van der Waals surface area (Å²) in [5.41, 5.74) is 6.19. The quantitative estimate of drug-likeness (QED) is 0.916. The summed E-state index contributed by atoms with van der Waals surface area (Å²) in [6.45, 7) is 3.39. The zero-order valence-electron chi connectivity index (χ0n) is 13.2. The Morgan fingerprint density at radius 3 is 2.65 bits per heavy atom. The Kier molecular flexibility index (Phi) is 5.19. The summed E-state index contributed by atoms with van der Waals surface area (Å²) in [6.07, 6.45) is 3.92. The Morgan fingerprint density at radius 1 is 1.26 bits per heavy atom. The number of carbonyl (C=O) groups excluding carboxylic acids is 1. The minimum absolute atomic E-state index is 0.0970. The smallest absolute Gasteiger partial charge is 0.234 e. The fraction of sp³-hybridized carbons (Fsp3) is 0.588. The van der Waals surface area contributed by atoms with E-state index in [1.54, 1.807) is 12.1 Å². The summed E-state index contributed by atoms with van der Waals surface area (Å²) >= 11 is 5.79. The van der Waals surface area contributed by atoms with Gasteiger partial charge in [0.15, 0.2) is 0 Å². The summed E-state index contributed by atoms with van der Waals surface area (Å²) in [5, 5.41) is 0.427. The number of likely N-dealkylation sites (tertiary alicyclic amines) is 2. The van der Waals surface area contributed by atoms with Gasteiger partial charge in [-0.1, -0.05) is 17.7 Å². The maximum Gasteiger partial charge on any atom is 0.234 e. The third-order valence-corrected chi connectivity index (χ3v) is 5.29. The third-order valence-electron chi connectivity index (χ3n) is 5.06. The minimum atomic E-state index is -0.243. The molecule has 1 atom stereocenters. The van der Waals surface area contributed by atoms with Gasteiger partial charge in [-0.2, -0.15) is 0 Å². The van der Waals surface area contributed by atoms with Crippen LogP contribution in [0.4, 0.5) is 4.39 Å². The number of rotatable bonds is 4. The number of nitrogens with zero attached hydrogens (tertiary/aromatic N) is 2. The van der Waals surface area contributed by atoms with E-state index in [2.05, 4.69) is 9.80 Å². The highest BCUT2D eigenvalue weighted by Gasteiger charge is 2.35. The molecule has 0 radical (unpaired) electrons. The first-order chi connectivity index (χ1) is 11.0. The van der Waals surface area contributed by atoms with Crippen LogP contribution < -0.4 is 5.73 Å². The zero-order valence-corrected chi connectivity index (χ0v) is 13.9. The van der Waals surface area contributed by atoms with Gasteiger partial charge in [0.05, 0.1) is 6.04 Å². The number of piperidine rings is 1. The Balaban J connectivity index is 1.55. The van der Waals surface area contributed by atoms with Gasteiger partial charge in [-0.3, -0.25) is 14.6 Å². The lowest BCUT2D eigenvalue weighted by molar-refractivity contribution is -0.123. The molecule has 1 unspecified atom stereocenters. The van der Waals surface area contributed by atoms with Gasteiger partial charge in [0, 0.05) is 23.2 Å². The monoisotopic (exact) mass is 339 g/mol. The molecule has 2 heterocycles. The van der Waals surface area contributed by atoms with Crippen LogP contribution in [0, 0.1) is 5.82 Å². The van der Waals surface area contributed by atoms with Gasteiger partial charge < -0.3 is 5.73 Å². The first-order valence-corrected chi connectivity index (χ1v) is 8.64. The standard InChI is InChI=1S/C17H23ClFN3O/c18-13-4-3-12(15(19)10-13)11-21-8-5-14(6-9-21)22-7-1-2-16(22)17(20)23/h3-4,10,14,16H,1-2,5-9,11H2,(H2,20,23). The highest BCUT2D eigenvalue weighted by atomic mass is 35.5. The lowest BCUT2D eigenvalue weighted by Gasteiger charge is -2.38. The minimum Gasteiger partial charge on any atom is -0.368 e. The van der Waals surface area contributed by atoms with Gasteiger partial charge in [0.2, 0.25) is 5.91 Å². The van der Waals surface area contributed by atoms with E-state index in [0.29, 0.717) is 23.2 Å². The molecule has 2 aliphatic rings. The molecule has 6 heteroatoms. The van der Waals surface area contributed by atoms with Crippen molar-refractivity contribution in [2.24, 2.45) is 5.73 Å². The van der Waals surface area contributed by atoms with Crippen LogP contribution in [-0.4, -0.2) is 47.4 Å². The SMILES string of the molecule is NC(=O)C1CCCN1C1CCN(Cc2ccc(Cl)cc2F)CC1. The zero-order chi connectivity index (χ0) is 16.4. The molecule has 1 amide bonds. The van der Waals surface area contributed by atoms with Crippen LogP contribution >= 0.6 is 11.6 Å². The fourth-order valence-corrected chi connectivity index (χ4v) is 3.99. The number of primary amides is 1. The number of hydrogen-bond donors (Lipinski definition) is 1. The van der Waals surface area contributed by atoms with Crippen molar-refractivity contribution in [3.8, 4) is 0 Å². The van der Waals surface area contributed by atoms with E-state index in [4.69, 9.17) is 17.3 Å². The Bertz CT molecular complexity index is 575. The lowest BCUT2D eigenvalue weighted by atomic mass is 10.0. The van der Waals surface area contributed by atoms with Crippen molar-refractivity contribution in [2.75, 3.05) is 19.6 Å². The highest BCUT2D eigenvalue weighted by Crippen LogP contribution is 2.27. The number of nitrogens with two attached hydrogens (primary N) is 1. The van der Waals surface area contributed by atoms with Crippen LogP contribution in [0.3, 0.4) is 0 Å². The van der Waals surface area contributed by atoms with Crippen molar-refractivity contribution in [2.45, 2.75) is 44.3 Å². The predicted octanol–water partition coefficient (Wildman–Crippen LogP) is 2.39. The molecule has 2 aliphatic heterocycles. The lowest BCUT2D eigenvalue weighted by Crippen LogP contribution is -2.50. The second-order valence-electron chi connectivity index (χ2n) is 6.54. The van der Waals surface area contributed by atoms with E-state index in [9.17, 15) is 9.18 Å². The molecule has 126 valence electrons. The summed E-state index contributed by atoms with van der Waals surface area (Å²) < 4.78 is 13.9. The van der Waals surface area contributed by atoms with Gasteiger partial charge >= 0.3 is 0 Å².